The largest absolute Gasteiger partial charge is 0.398 e. The third-order valence-electron chi connectivity index (χ3n) is 2.95. The van der Waals surface area contributed by atoms with E-state index < -0.39 is 6.04 Å². The molecule has 5 heteroatoms. The molecule has 2 aromatic rings. The molecule has 0 aliphatic carbocycles. The zero-order valence-corrected chi connectivity index (χ0v) is 12.3. The van der Waals surface area contributed by atoms with Crippen molar-refractivity contribution in [3.05, 3.63) is 64.1 Å². The number of aliphatic hydroxyl groups is 1. The van der Waals surface area contributed by atoms with Crippen LogP contribution in [0.2, 0.25) is 0 Å². The van der Waals surface area contributed by atoms with Crippen LogP contribution in [0, 0.1) is 0 Å². The van der Waals surface area contributed by atoms with Crippen LogP contribution < -0.4 is 11.1 Å². The van der Waals surface area contributed by atoms with E-state index in [1.165, 1.54) is 0 Å². The molecule has 0 unspecified atom stereocenters. The van der Waals surface area contributed by atoms with Crippen molar-refractivity contribution < 1.29 is 9.90 Å². The van der Waals surface area contributed by atoms with Crippen molar-refractivity contribution in [2.75, 3.05) is 12.3 Å². The summed E-state index contributed by atoms with van der Waals surface area (Å²) in [7, 11) is 0. The molecule has 0 aliphatic rings. The van der Waals surface area contributed by atoms with Crippen molar-refractivity contribution in [2.45, 2.75) is 6.04 Å². The number of nitrogens with two attached hydrogens (primary N) is 1. The smallest absolute Gasteiger partial charge is 0.251 e. The lowest BCUT2D eigenvalue weighted by atomic mass is 10.1. The maximum atomic E-state index is 12.2. The number of halogens is 1. The first kappa shape index (κ1) is 14.6. The Bertz CT molecular complexity index is 602. The number of aliphatic hydroxyl groups excluding tert-OH is 1. The van der Waals surface area contributed by atoms with Gasteiger partial charge in [-0.25, -0.2) is 0 Å². The van der Waals surface area contributed by atoms with E-state index in [4.69, 9.17) is 5.73 Å². The highest BCUT2D eigenvalue weighted by Crippen LogP contribution is 2.21. The molecular weight excluding hydrogens is 320 g/mol. The fraction of sp³-hybridized carbons (Fsp3) is 0.133. The Morgan fingerprint density at radius 1 is 1.25 bits per heavy atom. The van der Waals surface area contributed by atoms with Gasteiger partial charge in [0.2, 0.25) is 0 Å². The first-order chi connectivity index (χ1) is 9.61. The van der Waals surface area contributed by atoms with E-state index in [1.54, 1.807) is 18.2 Å². The van der Waals surface area contributed by atoms with Crippen LogP contribution in [-0.4, -0.2) is 17.6 Å². The molecule has 4 nitrogen and oxygen atoms in total. The van der Waals surface area contributed by atoms with E-state index in [0.29, 0.717) is 11.3 Å². The summed E-state index contributed by atoms with van der Waals surface area (Å²) in [5.74, 6) is -0.271. The van der Waals surface area contributed by atoms with Crippen LogP contribution in [0.5, 0.6) is 0 Å². The van der Waals surface area contributed by atoms with E-state index in [-0.39, 0.29) is 12.5 Å². The third kappa shape index (κ3) is 3.37. The molecule has 1 atom stereocenters. The van der Waals surface area contributed by atoms with Crippen LogP contribution in [0.25, 0.3) is 0 Å². The second kappa shape index (κ2) is 6.54. The molecule has 0 aliphatic heterocycles. The third-order valence-corrected chi connectivity index (χ3v) is 3.67. The summed E-state index contributed by atoms with van der Waals surface area (Å²) < 4.78 is 0.746. The van der Waals surface area contributed by atoms with Crippen molar-refractivity contribution in [3.8, 4) is 0 Å². The molecule has 4 N–H and O–H groups in total. The summed E-state index contributed by atoms with van der Waals surface area (Å²) in [6.07, 6.45) is 0. The zero-order chi connectivity index (χ0) is 14.5. The summed E-state index contributed by atoms with van der Waals surface area (Å²) in [6, 6.07) is 13.9. The summed E-state index contributed by atoms with van der Waals surface area (Å²) in [6.45, 7) is -0.165. The molecule has 2 rings (SSSR count). The maximum Gasteiger partial charge on any atom is 0.251 e. The van der Waals surface area contributed by atoms with Crippen LogP contribution in [0.3, 0.4) is 0 Å². The van der Waals surface area contributed by atoms with Gasteiger partial charge in [0.05, 0.1) is 12.6 Å². The second-order valence-corrected chi connectivity index (χ2v) is 5.21. The van der Waals surface area contributed by atoms with Gasteiger partial charge in [-0.1, -0.05) is 30.3 Å². The number of nitrogen functional groups attached to an aromatic ring is 1. The van der Waals surface area contributed by atoms with E-state index in [0.717, 1.165) is 10.0 Å². The Balaban J connectivity index is 2.15. The summed E-state index contributed by atoms with van der Waals surface area (Å²) in [5, 5.41) is 12.2. The molecule has 104 valence electrons. The van der Waals surface area contributed by atoms with Crippen molar-refractivity contribution in [1.29, 1.82) is 0 Å². The van der Waals surface area contributed by atoms with Gasteiger partial charge in [0.1, 0.15) is 0 Å². The average Bonchev–Trinajstić information content (AvgIpc) is 2.48. The van der Waals surface area contributed by atoms with Gasteiger partial charge in [-0.2, -0.15) is 0 Å². The minimum atomic E-state index is -0.437. The Hall–Kier alpha value is -1.85. The second-order valence-electron chi connectivity index (χ2n) is 4.36. The zero-order valence-electron chi connectivity index (χ0n) is 10.7. The molecule has 2 aromatic carbocycles. The highest BCUT2D eigenvalue weighted by atomic mass is 79.9. The van der Waals surface area contributed by atoms with E-state index in [2.05, 4.69) is 21.2 Å². The number of benzene rings is 2. The molecule has 1 amide bonds. The maximum absolute atomic E-state index is 12.2. The monoisotopic (exact) mass is 334 g/mol. The van der Waals surface area contributed by atoms with Gasteiger partial charge >= 0.3 is 0 Å². The van der Waals surface area contributed by atoms with Crippen LogP contribution in [0.15, 0.2) is 53.0 Å². The Morgan fingerprint density at radius 2 is 1.95 bits per heavy atom. The quantitative estimate of drug-likeness (QED) is 0.752. The number of hydrogen-bond acceptors (Lipinski definition) is 3. The molecule has 0 saturated heterocycles. The predicted octanol–water partition coefficient (Wildman–Crippen LogP) is 2.49. The van der Waals surface area contributed by atoms with Gasteiger partial charge in [0, 0.05) is 15.7 Å². The minimum absolute atomic E-state index is 0.165. The van der Waals surface area contributed by atoms with Gasteiger partial charge in [0.25, 0.3) is 5.91 Å². The molecular formula is C15H15BrN2O2. The van der Waals surface area contributed by atoms with Crippen LogP contribution in [-0.2, 0) is 0 Å². The Labute approximate surface area is 125 Å². The molecule has 0 radical (unpaired) electrons. The van der Waals surface area contributed by atoms with Crippen LogP contribution in [0.4, 0.5) is 5.69 Å². The van der Waals surface area contributed by atoms with E-state index >= 15 is 0 Å². The number of hydrogen-bond donors (Lipinski definition) is 3. The number of anilines is 1. The highest BCUT2D eigenvalue weighted by molar-refractivity contribution is 9.10. The van der Waals surface area contributed by atoms with E-state index in [9.17, 15) is 9.90 Å². The predicted molar refractivity (Wildman–Crippen MR) is 82.3 cm³/mol. The molecule has 0 aromatic heterocycles. The molecule has 0 spiro atoms. The first-order valence-corrected chi connectivity index (χ1v) is 6.93. The number of rotatable bonds is 4. The van der Waals surface area contributed by atoms with Crippen LogP contribution in [0.1, 0.15) is 22.0 Å². The number of carbonyl (C=O) groups excluding carboxylic acids is 1. The van der Waals surface area contributed by atoms with Gasteiger partial charge in [-0.15, -0.1) is 0 Å². The summed E-state index contributed by atoms with van der Waals surface area (Å²) in [5.41, 5.74) is 7.57. The fourth-order valence-corrected chi connectivity index (χ4v) is 2.09. The molecule has 0 fully saturated rings. The van der Waals surface area contributed by atoms with Gasteiger partial charge in [-0.05, 0) is 39.7 Å². The van der Waals surface area contributed by atoms with Crippen molar-refractivity contribution in [3.63, 3.8) is 0 Å². The molecule has 20 heavy (non-hydrogen) atoms. The Morgan fingerprint density at radius 3 is 2.55 bits per heavy atom. The van der Waals surface area contributed by atoms with Gasteiger partial charge in [-0.3, -0.25) is 4.79 Å². The topological polar surface area (TPSA) is 75.4 Å². The van der Waals surface area contributed by atoms with Gasteiger partial charge < -0.3 is 16.2 Å². The van der Waals surface area contributed by atoms with E-state index in [1.807, 2.05) is 30.3 Å². The highest BCUT2D eigenvalue weighted by Gasteiger charge is 2.15. The normalized spacial score (nSPS) is 11.9. The lowest BCUT2D eigenvalue weighted by Gasteiger charge is -2.17. The molecule has 0 saturated carbocycles. The van der Waals surface area contributed by atoms with Crippen molar-refractivity contribution in [2.24, 2.45) is 0 Å². The fourth-order valence-electron chi connectivity index (χ4n) is 1.85. The first-order valence-electron chi connectivity index (χ1n) is 6.13. The van der Waals surface area contributed by atoms with Crippen molar-refractivity contribution >= 4 is 27.5 Å². The SMILES string of the molecule is Nc1cc(C(=O)N[C@@H](CO)c2ccccc2)ccc1Br. The molecule has 0 bridgehead atoms. The lowest BCUT2D eigenvalue weighted by molar-refractivity contribution is 0.0916. The lowest BCUT2D eigenvalue weighted by Crippen LogP contribution is -2.30. The van der Waals surface area contributed by atoms with Crippen molar-refractivity contribution in [1.82, 2.24) is 5.32 Å². The summed E-state index contributed by atoms with van der Waals surface area (Å²) >= 11 is 3.28. The average molecular weight is 335 g/mol. The summed E-state index contributed by atoms with van der Waals surface area (Å²) in [4.78, 5) is 12.2. The Kier molecular flexibility index (Phi) is 4.76. The molecule has 0 heterocycles. The number of nitrogens with one attached hydrogen (secondary N) is 1. The number of carbonyl (C=O) groups is 1. The van der Waals surface area contributed by atoms with Gasteiger partial charge in [0.15, 0.2) is 0 Å². The number of amides is 1. The standard InChI is InChI=1S/C15H15BrN2O2/c16-12-7-6-11(8-13(12)17)15(20)18-14(9-19)10-4-2-1-3-5-10/h1-8,14,19H,9,17H2,(H,18,20)/t14-/m0/s1. The van der Waals surface area contributed by atoms with Crippen LogP contribution >= 0.6 is 15.9 Å². The minimum Gasteiger partial charge on any atom is -0.398 e.